The molecule has 3 aromatic rings. The molecule has 23 heavy (non-hydrogen) atoms. The molecule has 2 N–H and O–H groups in total. The van der Waals surface area contributed by atoms with E-state index in [-0.39, 0.29) is 6.04 Å². The molecule has 1 saturated heterocycles. The van der Waals surface area contributed by atoms with Gasteiger partial charge >= 0.3 is 0 Å². The van der Waals surface area contributed by atoms with Crippen LogP contribution in [0, 0.1) is 5.92 Å². The quantitative estimate of drug-likeness (QED) is 0.754. The molecule has 0 saturated carbocycles. The summed E-state index contributed by atoms with van der Waals surface area (Å²) in [6.07, 6.45) is 1.61. The molecular weight excluding hydrogens is 292 g/mol. The first-order chi connectivity index (χ1) is 11.3. The summed E-state index contributed by atoms with van der Waals surface area (Å²) >= 11 is 0. The van der Waals surface area contributed by atoms with E-state index in [1.165, 1.54) is 0 Å². The molecule has 1 aliphatic rings. The van der Waals surface area contributed by atoms with E-state index in [9.17, 15) is 0 Å². The van der Waals surface area contributed by atoms with Gasteiger partial charge in [-0.3, -0.25) is 5.43 Å². The number of furan rings is 1. The number of hydrazine groups is 1. The molecule has 1 aliphatic heterocycles. The van der Waals surface area contributed by atoms with Gasteiger partial charge in [0.2, 0.25) is 0 Å². The number of benzene rings is 1. The minimum absolute atomic E-state index is 0.169. The second-order valence-electron chi connectivity index (χ2n) is 6.14. The lowest BCUT2D eigenvalue weighted by Gasteiger charge is -2.22. The Kier molecular flexibility index (Phi) is 3.87. The van der Waals surface area contributed by atoms with Gasteiger partial charge in [0.15, 0.2) is 0 Å². The van der Waals surface area contributed by atoms with Gasteiger partial charge in [-0.1, -0.05) is 23.4 Å². The third-order valence-corrected chi connectivity index (χ3v) is 4.31. The van der Waals surface area contributed by atoms with E-state index in [1.807, 2.05) is 24.3 Å². The highest BCUT2D eigenvalue weighted by molar-refractivity contribution is 5.77. The molecule has 1 fully saturated rings. The second-order valence-corrected chi connectivity index (χ2v) is 6.14. The maximum atomic E-state index is 6.02. The van der Waals surface area contributed by atoms with Crippen LogP contribution >= 0.6 is 0 Å². The van der Waals surface area contributed by atoms with E-state index in [4.69, 9.17) is 8.94 Å². The average molecular weight is 312 g/mol. The molecule has 0 aliphatic carbocycles. The van der Waals surface area contributed by atoms with Crippen molar-refractivity contribution in [2.45, 2.75) is 12.6 Å². The first-order valence-corrected chi connectivity index (χ1v) is 7.84. The standard InChI is InChI=1S/C17H20N4O2/c1-21(11-14-6-7-22-20-14)10-13-9-18-19-17(13)16-8-12-4-2-3-5-15(12)23-16/h2-8,13,17-19H,9-11H2,1H3. The van der Waals surface area contributed by atoms with Gasteiger partial charge in [-0.15, -0.1) is 0 Å². The minimum Gasteiger partial charge on any atom is -0.459 e. The van der Waals surface area contributed by atoms with Crippen LogP contribution in [0.4, 0.5) is 0 Å². The number of rotatable bonds is 5. The van der Waals surface area contributed by atoms with Crippen LogP contribution in [-0.4, -0.2) is 30.2 Å². The normalized spacial score (nSPS) is 21.5. The van der Waals surface area contributed by atoms with Crippen LogP contribution in [0.5, 0.6) is 0 Å². The number of nitrogens with zero attached hydrogens (tertiary/aromatic N) is 2. The van der Waals surface area contributed by atoms with Gasteiger partial charge in [-0.25, -0.2) is 5.43 Å². The molecule has 0 bridgehead atoms. The Morgan fingerprint density at radius 3 is 3.04 bits per heavy atom. The van der Waals surface area contributed by atoms with Crippen molar-refractivity contribution in [3.8, 4) is 0 Å². The lowest BCUT2D eigenvalue weighted by atomic mass is 9.99. The molecule has 1 aromatic carbocycles. The summed E-state index contributed by atoms with van der Waals surface area (Å²) in [5, 5.41) is 5.11. The molecule has 6 nitrogen and oxygen atoms in total. The SMILES string of the molecule is CN(Cc1ccon1)CC1CNNC1c1cc2ccccc2o1. The number of para-hydroxylation sites is 1. The first-order valence-electron chi connectivity index (χ1n) is 7.84. The lowest BCUT2D eigenvalue weighted by molar-refractivity contribution is 0.246. The average Bonchev–Trinajstić information content (AvgIpc) is 3.26. The van der Waals surface area contributed by atoms with E-state index >= 15 is 0 Å². The van der Waals surface area contributed by atoms with Crippen LogP contribution in [0.1, 0.15) is 17.5 Å². The molecule has 0 spiro atoms. The van der Waals surface area contributed by atoms with Crippen molar-refractivity contribution in [2.24, 2.45) is 5.92 Å². The number of aromatic nitrogens is 1. The highest BCUT2D eigenvalue weighted by atomic mass is 16.5. The number of fused-ring (bicyclic) bond motifs is 1. The zero-order valence-electron chi connectivity index (χ0n) is 13.0. The van der Waals surface area contributed by atoms with Gasteiger partial charge in [-0.2, -0.15) is 0 Å². The summed E-state index contributed by atoms with van der Waals surface area (Å²) in [5.41, 5.74) is 8.49. The second kappa shape index (κ2) is 6.16. The Hall–Kier alpha value is -2.15. The fourth-order valence-corrected chi connectivity index (χ4v) is 3.23. The molecule has 120 valence electrons. The Morgan fingerprint density at radius 2 is 2.22 bits per heavy atom. The van der Waals surface area contributed by atoms with Gasteiger partial charge in [0, 0.05) is 37.0 Å². The van der Waals surface area contributed by atoms with Crippen LogP contribution in [0.15, 0.2) is 51.6 Å². The van der Waals surface area contributed by atoms with Crippen molar-refractivity contribution in [3.05, 3.63) is 54.1 Å². The van der Waals surface area contributed by atoms with Crippen molar-refractivity contribution < 1.29 is 8.94 Å². The molecule has 2 atom stereocenters. The van der Waals surface area contributed by atoms with E-state index in [0.717, 1.165) is 42.1 Å². The Morgan fingerprint density at radius 1 is 1.30 bits per heavy atom. The molecule has 3 heterocycles. The van der Waals surface area contributed by atoms with Crippen molar-refractivity contribution in [3.63, 3.8) is 0 Å². The number of nitrogens with one attached hydrogen (secondary N) is 2. The molecule has 0 radical (unpaired) electrons. The van der Waals surface area contributed by atoms with Crippen LogP contribution in [-0.2, 0) is 6.54 Å². The van der Waals surface area contributed by atoms with Crippen LogP contribution in [0.2, 0.25) is 0 Å². The van der Waals surface area contributed by atoms with Crippen LogP contribution in [0.25, 0.3) is 11.0 Å². The first kappa shape index (κ1) is 14.4. The minimum atomic E-state index is 0.169. The van der Waals surface area contributed by atoms with Gasteiger partial charge in [0.1, 0.15) is 17.6 Å². The van der Waals surface area contributed by atoms with Crippen molar-refractivity contribution in [1.29, 1.82) is 0 Å². The summed E-state index contributed by atoms with van der Waals surface area (Å²) in [6.45, 7) is 2.62. The van der Waals surface area contributed by atoms with Gasteiger partial charge in [0.25, 0.3) is 0 Å². The van der Waals surface area contributed by atoms with E-state index < -0.39 is 0 Å². The summed E-state index contributed by atoms with van der Waals surface area (Å²) in [4.78, 5) is 2.26. The smallest absolute Gasteiger partial charge is 0.134 e. The topological polar surface area (TPSA) is 66.5 Å². The van der Waals surface area contributed by atoms with Crippen LogP contribution < -0.4 is 10.9 Å². The zero-order chi connectivity index (χ0) is 15.6. The predicted octanol–water partition coefficient (Wildman–Crippen LogP) is 2.32. The number of hydrogen-bond donors (Lipinski definition) is 2. The number of hydrogen-bond acceptors (Lipinski definition) is 6. The van der Waals surface area contributed by atoms with Gasteiger partial charge in [0.05, 0.1) is 11.7 Å². The van der Waals surface area contributed by atoms with Crippen molar-refractivity contribution in [2.75, 3.05) is 20.1 Å². The van der Waals surface area contributed by atoms with Crippen molar-refractivity contribution >= 4 is 11.0 Å². The fraction of sp³-hybridized carbons (Fsp3) is 0.353. The fourth-order valence-electron chi connectivity index (χ4n) is 3.23. The summed E-state index contributed by atoms with van der Waals surface area (Å²) in [7, 11) is 2.10. The van der Waals surface area contributed by atoms with E-state index in [0.29, 0.717) is 5.92 Å². The maximum Gasteiger partial charge on any atom is 0.134 e. The third-order valence-electron chi connectivity index (χ3n) is 4.31. The lowest BCUT2D eigenvalue weighted by Crippen LogP contribution is -2.30. The Bertz CT molecular complexity index is 735. The highest BCUT2D eigenvalue weighted by Crippen LogP contribution is 2.30. The maximum absolute atomic E-state index is 6.02. The summed E-state index contributed by atoms with van der Waals surface area (Å²) in [5.74, 6) is 1.41. The predicted molar refractivity (Wildman–Crippen MR) is 86.4 cm³/mol. The molecule has 2 aromatic heterocycles. The third kappa shape index (κ3) is 3.01. The van der Waals surface area contributed by atoms with E-state index in [2.05, 4.69) is 40.1 Å². The summed E-state index contributed by atoms with van der Waals surface area (Å²) in [6, 6.07) is 12.3. The molecule has 0 amide bonds. The van der Waals surface area contributed by atoms with Crippen LogP contribution in [0.3, 0.4) is 0 Å². The summed E-state index contributed by atoms with van der Waals surface area (Å²) < 4.78 is 10.9. The molecular formula is C17H20N4O2. The molecule has 4 rings (SSSR count). The molecule has 6 heteroatoms. The largest absolute Gasteiger partial charge is 0.459 e. The zero-order valence-corrected chi connectivity index (χ0v) is 13.0. The van der Waals surface area contributed by atoms with Crippen molar-refractivity contribution in [1.82, 2.24) is 20.9 Å². The Balaban J connectivity index is 1.47. The van der Waals surface area contributed by atoms with E-state index in [1.54, 1.807) is 6.26 Å². The highest BCUT2D eigenvalue weighted by Gasteiger charge is 2.31. The molecule has 2 unspecified atom stereocenters. The Labute approximate surface area is 134 Å². The monoisotopic (exact) mass is 312 g/mol. The van der Waals surface area contributed by atoms with Gasteiger partial charge in [-0.05, 0) is 19.2 Å². The van der Waals surface area contributed by atoms with Gasteiger partial charge < -0.3 is 13.8 Å².